The van der Waals surface area contributed by atoms with Gasteiger partial charge in [-0.3, -0.25) is 9.36 Å². The number of phenolic OH excluding ortho intramolecular Hbond substituents is 2. The molecule has 3 N–H and O–H groups in total. The molecule has 1 heterocycles. The molecule has 1 aromatic heterocycles. The van der Waals surface area contributed by atoms with E-state index in [9.17, 15) is 15.0 Å². The Bertz CT molecular complexity index is 712. The van der Waals surface area contributed by atoms with Crippen LogP contribution in [0.3, 0.4) is 0 Å². The third kappa shape index (κ3) is 2.32. The summed E-state index contributed by atoms with van der Waals surface area (Å²) in [6.45, 7) is 2.80. The first-order chi connectivity index (χ1) is 9.51. The van der Waals surface area contributed by atoms with Gasteiger partial charge in [0, 0.05) is 12.6 Å². The average Bonchev–Trinajstić information content (AvgIpc) is 2.40. The number of aromatic hydroxyl groups is 2. The zero-order chi connectivity index (χ0) is 14.9. The second-order valence-corrected chi connectivity index (χ2v) is 4.87. The summed E-state index contributed by atoms with van der Waals surface area (Å²) in [6.07, 6.45) is 0.754. The maximum Gasteiger partial charge on any atom is 0.265 e. The number of phenols is 2. The van der Waals surface area contributed by atoms with Crippen LogP contribution in [0.2, 0.25) is 5.02 Å². The summed E-state index contributed by atoms with van der Waals surface area (Å²) in [5.74, 6) is -0.0810. The van der Waals surface area contributed by atoms with Crippen molar-refractivity contribution in [2.45, 2.75) is 26.4 Å². The summed E-state index contributed by atoms with van der Waals surface area (Å²) in [5.41, 5.74) is -0.357. The molecular weight excluding hydrogens is 282 g/mol. The largest absolute Gasteiger partial charge is 0.507 e. The highest BCUT2D eigenvalue weighted by molar-refractivity contribution is 6.33. The van der Waals surface area contributed by atoms with Gasteiger partial charge in [0.1, 0.15) is 22.5 Å². The number of benzene rings is 1. The van der Waals surface area contributed by atoms with Crippen LogP contribution in [-0.4, -0.2) is 26.8 Å². The van der Waals surface area contributed by atoms with Gasteiger partial charge in [-0.05, 0) is 13.5 Å². The Morgan fingerprint density at radius 3 is 2.75 bits per heavy atom. The molecule has 1 aromatic carbocycles. The molecule has 0 spiro atoms. The van der Waals surface area contributed by atoms with Gasteiger partial charge in [0.25, 0.3) is 5.56 Å². The maximum atomic E-state index is 12.5. The van der Waals surface area contributed by atoms with Crippen molar-refractivity contribution < 1.29 is 10.2 Å². The SMILES string of the molecule is CCCn1c(CNC)nc2c(O)c(Cl)cc(O)c2c1=O. The highest BCUT2D eigenvalue weighted by atomic mass is 35.5. The molecule has 0 fully saturated rings. The van der Waals surface area contributed by atoms with E-state index in [2.05, 4.69) is 10.3 Å². The molecule has 0 aliphatic rings. The number of fused-ring (bicyclic) bond motifs is 1. The van der Waals surface area contributed by atoms with Crippen LogP contribution >= 0.6 is 11.6 Å². The van der Waals surface area contributed by atoms with Gasteiger partial charge in [0.05, 0.1) is 11.6 Å². The van der Waals surface area contributed by atoms with Gasteiger partial charge < -0.3 is 15.5 Å². The van der Waals surface area contributed by atoms with Crippen molar-refractivity contribution >= 4 is 22.5 Å². The van der Waals surface area contributed by atoms with Crippen LogP contribution in [0.5, 0.6) is 11.5 Å². The Kier molecular flexibility index (Phi) is 4.15. The summed E-state index contributed by atoms with van der Waals surface area (Å²) < 4.78 is 1.49. The third-order valence-corrected chi connectivity index (χ3v) is 3.29. The Morgan fingerprint density at radius 2 is 2.15 bits per heavy atom. The van der Waals surface area contributed by atoms with Crippen LogP contribution in [0, 0.1) is 0 Å². The number of nitrogens with one attached hydrogen (secondary N) is 1. The quantitative estimate of drug-likeness (QED) is 0.746. The third-order valence-electron chi connectivity index (χ3n) is 3.00. The molecule has 108 valence electrons. The highest BCUT2D eigenvalue weighted by Gasteiger charge is 2.18. The second-order valence-electron chi connectivity index (χ2n) is 4.46. The fraction of sp³-hybridized carbons (Fsp3) is 0.385. The second kappa shape index (κ2) is 5.68. The molecule has 6 nitrogen and oxygen atoms in total. The molecule has 0 saturated carbocycles. The number of halogens is 1. The molecule has 0 aliphatic carbocycles. The molecule has 0 atom stereocenters. The van der Waals surface area contributed by atoms with Gasteiger partial charge in [0.15, 0.2) is 5.75 Å². The number of nitrogens with zero attached hydrogens (tertiary/aromatic N) is 2. The summed E-state index contributed by atoms with van der Waals surface area (Å²) in [5, 5.41) is 22.7. The lowest BCUT2D eigenvalue weighted by molar-refractivity contribution is 0.466. The zero-order valence-corrected chi connectivity index (χ0v) is 12.0. The molecule has 7 heteroatoms. The van der Waals surface area contributed by atoms with E-state index in [1.807, 2.05) is 6.92 Å². The van der Waals surface area contributed by atoms with E-state index in [-0.39, 0.29) is 33.0 Å². The van der Waals surface area contributed by atoms with Crippen molar-refractivity contribution in [2.24, 2.45) is 0 Å². The lowest BCUT2D eigenvalue weighted by Gasteiger charge is -2.14. The Hall–Kier alpha value is -1.79. The molecule has 0 unspecified atom stereocenters. The minimum absolute atomic E-state index is 0.0137. The first-order valence-electron chi connectivity index (χ1n) is 6.29. The van der Waals surface area contributed by atoms with Gasteiger partial charge in [-0.25, -0.2) is 4.98 Å². The van der Waals surface area contributed by atoms with E-state index in [1.165, 1.54) is 4.57 Å². The number of rotatable bonds is 4. The molecule has 0 aliphatic heterocycles. The Morgan fingerprint density at radius 1 is 1.45 bits per heavy atom. The lowest BCUT2D eigenvalue weighted by Crippen LogP contribution is -2.27. The number of hydrogen-bond donors (Lipinski definition) is 3. The standard InChI is InChI=1S/C13H16ClN3O3/c1-3-4-17-9(6-15-2)16-11-10(13(17)20)8(18)5-7(14)12(11)19/h5,15,18-19H,3-4,6H2,1-2H3. The Labute approximate surface area is 120 Å². The van der Waals surface area contributed by atoms with Crippen molar-refractivity contribution in [3.63, 3.8) is 0 Å². The van der Waals surface area contributed by atoms with Crippen LogP contribution in [0.4, 0.5) is 0 Å². The van der Waals surface area contributed by atoms with E-state index in [0.717, 1.165) is 12.5 Å². The van der Waals surface area contributed by atoms with Gasteiger partial charge >= 0.3 is 0 Å². The van der Waals surface area contributed by atoms with Gasteiger partial charge in [0.2, 0.25) is 0 Å². The van der Waals surface area contributed by atoms with Crippen molar-refractivity contribution in [3.8, 4) is 11.5 Å². The minimum Gasteiger partial charge on any atom is -0.507 e. The molecule has 2 aromatic rings. The van der Waals surface area contributed by atoms with E-state index >= 15 is 0 Å². The maximum absolute atomic E-state index is 12.5. The van der Waals surface area contributed by atoms with Gasteiger partial charge in [-0.2, -0.15) is 0 Å². The molecule has 2 rings (SSSR count). The van der Waals surface area contributed by atoms with Gasteiger partial charge in [-0.15, -0.1) is 0 Å². The summed E-state index contributed by atoms with van der Waals surface area (Å²) >= 11 is 5.80. The smallest absolute Gasteiger partial charge is 0.265 e. The predicted molar refractivity (Wildman–Crippen MR) is 77.4 cm³/mol. The van der Waals surface area contributed by atoms with Crippen molar-refractivity contribution in [2.75, 3.05) is 7.05 Å². The van der Waals surface area contributed by atoms with Crippen LogP contribution in [-0.2, 0) is 13.1 Å². The molecule has 0 amide bonds. The van der Waals surface area contributed by atoms with Crippen LogP contribution in [0.15, 0.2) is 10.9 Å². The van der Waals surface area contributed by atoms with E-state index in [1.54, 1.807) is 7.05 Å². The fourth-order valence-electron chi connectivity index (χ4n) is 2.12. The summed E-state index contributed by atoms with van der Waals surface area (Å²) in [4.78, 5) is 16.8. The van der Waals surface area contributed by atoms with E-state index < -0.39 is 0 Å². The molecule has 0 saturated heterocycles. The summed E-state index contributed by atoms with van der Waals surface area (Å²) in [7, 11) is 1.74. The molecular formula is C13H16ClN3O3. The summed E-state index contributed by atoms with van der Waals surface area (Å²) in [6, 6.07) is 1.15. The minimum atomic E-state index is -0.383. The molecule has 0 radical (unpaired) electrons. The lowest BCUT2D eigenvalue weighted by atomic mass is 10.2. The molecule has 20 heavy (non-hydrogen) atoms. The fourth-order valence-corrected chi connectivity index (χ4v) is 2.31. The number of hydrogen-bond acceptors (Lipinski definition) is 5. The first-order valence-corrected chi connectivity index (χ1v) is 6.67. The average molecular weight is 298 g/mol. The highest BCUT2D eigenvalue weighted by Crippen LogP contribution is 2.35. The van der Waals surface area contributed by atoms with Crippen LogP contribution in [0.1, 0.15) is 19.2 Å². The monoisotopic (exact) mass is 297 g/mol. The van der Waals surface area contributed by atoms with Crippen LogP contribution in [0.25, 0.3) is 10.9 Å². The zero-order valence-electron chi connectivity index (χ0n) is 11.3. The van der Waals surface area contributed by atoms with Crippen molar-refractivity contribution in [1.82, 2.24) is 14.9 Å². The van der Waals surface area contributed by atoms with Crippen LogP contribution < -0.4 is 10.9 Å². The Balaban J connectivity index is 2.89. The van der Waals surface area contributed by atoms with E-state index in [4.69, 9.17) is 11.6 Å². The number of aromatic nitrogens is 2. The molecule has 0 bridgehead atoms. The topological polar surface area (TPSA) is 87.4 Å². The normalized spacial score (nSPS) is 11.2. The van der Waals surface area contributed by atoms with Gasteiger partial charge in [-0.1, -0.05) is 18.5 Å². The predicted octanol–water partition coefficient (Wildman–Crippen LogP) is 1.59. The van der Waals surface area contributed by atoms with Crippen molar-refractivity contribution in [3.05, 3.63) is 27.3 Å². The van der Waals surface area contributed by atoms with E-state index in [0.29, 0.717) is 18.9 Å². The van der Waals surface area contributed by atoms with Crippen molar-refractivity contribution in [1.29, 1.82) is 0 Å². The first kappa shape index (κ1) is 14.6.